The highest BCUT2D eigenvalue weighted by molar-refractivity contribution is 7.17. The number of likely N-dealkylation sites (N-methyl/N-ethyl adjacent to an activating group) is 1. The molecule has 0 aliphatic heterocycles. The summed E-state index contributed by atoms with van der Waals surface area (Å²) < 4.78 is 6.82. The molecule has 0 fully saturated rings. The van der Waals surface area contributed by atoms with Crippen molar-refractivity contribution < 1.29 is 9.53 Å². The molecule has 1 aliphatic carbocycles. The first-order valence-corrected chi connectivity index (χ1v) is 7.78. The van der Waals surface area contributed by atoms with E-state index in [2.05, 4.69) is 17.5 Å². The second-order valence-electron chi connectivity index (χ2n) is 5.45. The van der Waals surface area contributed by atoms with Gasteiger partial charge in [-0.05, 0) is 35.9 Å². The van der Waals surface area contributed by atoms with E-state index in [0.29, 0.717) is 5.92 Å². The molecule has 0 saturated heterocycles. The summed E-state index contributed by atoms with van der Waals surface area (Å²) in [4.78, 5) is 13.3. The fourth-order valence-corrected chi connectivity index (χ4v) is 4.14. The van der Waals surface area contributed by atoms with Crippen LogP contribution in [-0.2, 0) is 11.2 Å². The Morgan fingerprint density at radius 1 is 1.50 bits per heavy atom. The monoisotopic (exact) mass is 289 g/mol. The zero-order valence-corrected chi connectivity index (χ0v) is 12.9. The van der Waals surface area contributed by atoms with E-state index < -0.39 is 0 Å². The van der Waals surface area contributed by atoms with Crippen molar-refractivity contribution in [2.75, 3.05) is 20.7 Å². The molecule has 106 valence electrons. The van der Waals surface area contributed by atoms with Gasteiger partial charge in [-0.2, -0.15) is 0 Å². The van der Waals surface area contributed by atoms with Gasteiger partial charge in [-0.25, -0.2) is 0 Å². The SMILES string of the molecule is COc1ccc2scc3c2c1CCC3CN(C)C(C)=O. The normalized spacial score (nSPS) is 17.2. The number of benzene rings is 1. The first-order valence-electron chi connectivity index (χ1n) is 6.90. The molecule has 0 spiro atoms. The lowest BCUT2D eigenvalue weighted by molar-refractivity contribution is -0.127. The fourth-order valence-electron chi connectivity index (χ4n) is 3.07. The molecule has 2 aromatic rings. The second kappa shape index (κ2) is 5.09. The summed E-state index contributed by atoms with van der Waals surface area (Å²) in [5.41, 5.74) is 2.72. The summed E-state index contributed by atoms with van der Waals surface area (Å²) in [5.74, 6) is 1.57. The zero-order chi connectivity index (χ0) is 14.3. The number of hydrogen-bond donors (Lipinski definition) is 0. The summed E-state index contributed by atoms with van der Waals surface area (Å²) in [6.07, 6.45) is 2.11. The van der Waals surface area contributed by atoms with Crippen LogP contribution in [0.5, 0.6) is 5.75 Å². The minimum Gasteiger partial charge on any atom is -0.496 e. The summed E-state index contributed by atoms with van der Waals surface area (Å²) in [5, 5.41) is 3.62. The summed E-state index contributed by atoms with van der Waals surface area (Å²) in [7, 11) is 3.62. The van der Waals surface area contributed by atoms with Gasteiger partial charge in [-0.3, -0.25) is 4.79 Å². The number of hydrogen-bond acceptors (Lipinski definition) is 3. The Kier molecular flexibility index (Phi) is 3.42. The summed E-state index contributed by atoms with van der Waals surface area (Å²) in [6.45, 7) is 2.43. The molecule has 1 aromatic heterocycles. The largest absolute Gasteiger partial charge is 0.496 e. The van der Waals surface area contributed by atoms with Gasteiger partial charge < -0.3 is 9.64 Å². The maximum Gasteiger partial charge on any atom is 0.219 e. The van der Waals surface area contributed by atoms with Crippen molar-refractivity contribution in [3.63, 3.8) is 0 Å². The molecule has 1 atom stereocenters. The molecule has 1 aliphatic rings. The van der Waals surface area contributed by atoms with Crippen molar-refractivity contribution in [3.8, 4) is 5.75 Å². The highest BCUT2D eigenvalue weighted by atomic mass is 32.1. The number of thiophene rings is 1. The van der Waals surface area contributed by atoms with Crippen molar-refractivity contribution in [2.45, 2.75) is 25.7 Å². The number of amides is 1. The number of methoxy groups -OCH3 is 1. The van der Waals surface area contributed by atoms with Gasteiger partial charge in [-0.1, -0.05) is 0 Å². The Balaban J connectivity index is 2.03. The van der Waals surface area contributed by atoms with E-state index >= 15 is 0 Å². The minimum absolute atomic E-state index is 0.132. The van der Waals surface area contributed by atoms with Crippen LogP contribution in [0.25, 0.3) is 10.1 Å². The Bertz CT molecular complexity index is 662. The van der Waals surface area contributed by atoms with Crippen LogP contribution in [0, 0.1) is 0 Å². The van der Waals surface area contributed by atoms with Crippen LogP contribution in [0.4, 0.5) is 0 Å². The number of ether oxygens (including phenoxy) is 1. The van der Waals surface area contributed by atoms with E-state index in [1.165, 1.54) is 21.2 Å². The van der Waals surface area contributed by atoms with Gasteiger partial charge in [0.2, 0.25) is 5.91 Å². The maximum absolute atomic E-state index is 11.5. The molecule has 0 N–H and O–H groups in total. The molecular formula is C16H19NO2S. The molecule has 1 aromatic carbocycles. The van der Waals surface area contributed by atoms with Gasteiger partial charge in [0, 0.05) is 42.1 Å². The molecule has 1 amide bonds. The lowest BCUT2D eigenvalue weighted by Gasteiger charge is -2.27. The second-order valence-corrected chi connectivity index (χ2v) is 6.36. The maximum atomic E-state index is 11.5. The number of aryl methyl sites for hydroxylation is 1. The van der Waals surface area contributed by atoms with Crippen LogP contribution in [0.3, 0.4) is 0 Å². The molecule has 0 bridgehead atoms. The van der Waals surface area contributed by atoms with Crippen molar-refractivity contribution in [1.29, 1.82) is 0 Å². The van der Waals surface area contributed by atoms with Crippen LogP contribution in [-0.4, -0.2) is 31.5 Å². The average Bonchev–Trinajstić information content (AvgIpc) is 2.87. The number of nitrogens with zero attached hydrogens (tertiary/aromatic N) is 1. The van der Waals surface area contributed by atoms with Crippen LogP contribution in [0.15, 0.2) is 17.5 Å². The van der Waals surface area contributed by atoms with E-state index in [-0.39, 0.29) is 5.91 Å². The highest BCUT2D eigenvalue weighted by Crippen LogP contribution is 2.43. The van der Waals surface area contributed by atoms with Gasteiger partial charge in [0.1, 0.15) is 5.75 Å². The topological polar surface area (TPSA) is 29.5 Å². The average molecular weight is 289 g/mol. The quantitative estimate of drug-likeness (QED) is 0.866. The lowest BCUT2D eigenvalue weighted by atomic mass is 9.83. The Morgan fingerprint density at radius 2 is 2.30 bits per heavy atom. The van der Waals surface area contributed by atoms with Crippen molar-refractivity contribution in [3.05, 3.63) is 28.6 Å². The van der Waals surface area contributed by atoms with Gasteiger partial charge in [0.25, 0.3) is 0 Å². The van der Waals surface area contributed by atoms with Gasteiger partial charge >= 0.3 is 0 Å². The fraction of sp³-hybridized carbons (Fsp3) is 0.438. The molecule has 4 heteroatoms. The van der Waals surface area contributed by atoms with E-state index in [4.69, 9.17) is 4.74 Å². The molecule has 0 radical (unpaired) electrons. The molecule has 1 heterocycles. The third kappa shape index (κ3) is 2.08. The molecule has 3 rings (SSSR count). The predicted molar refractivity (Wildman–Crippen MR) is 82.8 cm³/mol. The van der Waals surface area contributed by atoms with E-state index in [9.17, 15) is 4.79 Å². The van der Waals surface area contributed by atoms with Crippen molar-refractivity contribution >= 4 is 27.3 Å². The van der Waals surface area contributed by atoms with Gasteiger partial charge in [0.05, 0.1) is 7.11 Å². The summed E-state index contributed by atoms with van der Waals surface area (Å²) in [6, 6.07) is 4.21. The van der Waals surface area contributed by atoms with Gasteiger partial charge in [0.15, 0.2) is 0 Å². The van der Waals surface area contributed by atoms with Crippen LogP contribution in [0.1, 0.15) is 30.4 Å². The minimum atomic E-state index is 0.132. The summed E-state index contributed by atoms with van der Waals surface area (Å²) >= 11 is 1.79. The molecular weight excluding hydrogens is 270 g/mol. The number of carbonyl (C=O) groups excluding carboxylic acids is 1. The van der Waals surface area contributed by atoms with E-state index in [1.807, 2.05) is 11.9 Å². The Hall–Kier alpha value is -1.55. The third-order valence-electron chi connectivity index (χ3n) is 4.27. The number of carbonyl (C=O) groups is 1. The molecule has 1 unspecified atom stereocenters. The molecule has 20 heavy (non-hydrogen) atoms. The van der Waals surface area contributed by atoms with Crippen LogP contribution >= 0.6 is 11.3 Å². The Labute approximate surface area is 123 Å². The highest BCUT2D eigenvalue weighted by Gasteiger charge is 2.26. The third-order valence-corrected chi connectivity index (χ3v) is 5.23. The smallest absolute Gasteiger partial charge is 0.219 e. The Morgan fingerprint density at radius 3 is 3.00 bits per heavy atom. The first kappa shape index (κ1) is 13.4. The van der Waals surface area contributed by atoms with Crippen LogP contribution < -0.4 is 4.74 Å². The molecule has 0 saturated carbocycles. The van der Waals surface area contributed by atoms with Crippen molar-refractivity contribution in [1.82, 2.24) is 4.90 Å². The first-order chi connectivity index (χ1) is 9.61. The van der Waals surface area contributed by atoms with Crippen molar-refractivity contribution in [2.24, 2.45) is 0 Å². The zero-order valence-electron chi connectivity index (χ0n) is 12.1. The van der Waals surface area contributed by atoms with Gasteiger partial charge in [-0.15, -0.1) is 11.3 Å². The number of rotatable bonds is 3. The van der Waals surface area contributed by atoms with E-state index in [0.717, 1.165) is 25.1 Å². The lowest BCUT2D eigenvalue weighted by Crippen LogP contribution is -2.29. The van der Waals surface area contributed by atoms with Crippen LogP contribution in [0.2, 0.25) is 0 Å². The van der Waals surface area contributed by atoms with E-state index in [1.54, 1.807) is 25.4 Å². The standard InChI is InChI=1S/C16H19NO2S/c1-10(18)17(2)8-11-4-5-12-14(19-3)6-7-15-16(12)13(11)9-20-15/h6-7,9,11H,4-5,8H2,1-3H3. The molecule has 3 nitrogen and oxygen atoms in total. The predicted octanol–water partition coefficient (Wildman–Crippen LogP) is 3.42.